The number of nitrogens with zero attached hydrogens (tertiary/aromatic N) is 2. The van der Waals surface area contributed by atoms with Crippen LogP contribution in [0.5, 0.6) is 5.75 Å². The highest BCUT2D eigenvalue weighted by molar-refractivity contribution is 6.30. The first-order chi connectivity index (χ1) is 9.46. The van der Waals surface area contributed by atoms with Gasteiger partial charge >= 0.3 is 0 Å². The van der Waals surface area contributed by atoms with E-state index in [4.69, 9.17) is 16.3 Å². The van der Waals surface area contributed by atoms with E-state index in [0.29, 0.717) is 10.8 Å². The zero-order chi connectivity index (χ0) is 14.3. The summed E-state index contributed by atoms with van der Waals surface area (Å²) in [4.78, 5) is 16.2. The summed E-state index contributed by atoms with van der Waals surface area (Å²) >= 11 is 6.00. The van der Waals surface area contributed by atoms with Crippen molar-refractivity contribution in [2.75, 3.05) is 0 Å². The molecular weight excluding hydrogens is 276 g/mol. The maximum absolute atomic E-state index is 12.1. The summed E-state index contributed by atoms with van der Waals surface area (Å²) in [5, 5.41) is 0.500. The van der Waals surface area contributed by atoms with Crippen LogP contribution >= 0.6 is 11.6 Å². The van der Waals surface area contributed by atoms with Crippen molar-refractivity contribution in [2.45, 2.75) is 19.4 Å². The van der Waals surface area contributed by atoms with Crippen LogP contribution in [0, 0.1) is 0 Å². The van der Waals surface area contributed by atoms with Crippen molar-refractivity contribution in [2.24, 2.45) is 0 Å². The number of rotatable bonds is 1. The van der Waals surface area contributed by atoms with Crippen molar-refractivity contribution in [3.8, 4) is 5.75 Å². The molecule has 0 saturated heterocycles. The molecule has 3 rings (SSSR count). The Kier molecular flexibility index (Phi) is 2.91. The molecule has 4 nitrogen and oxygen atoms in total. The van der Waals surface area contributed by atoms with Gasteiger partial charge in [-0.15, -0.1) is 0 Å². The molecule has 2 aromatic heterocycles. The van der Waals surface area contributed by atoms with Crippen LogP contribution in [0.4, 0.5) is 0 Å². The van der Waals surface area contributed by atoms with Crippen LogP contribution in [-0.4, -0.2) is 15.2 Å². The molecule has 5 heteroatoms. The Labute approximate surface area is 121 Å². The van der Waals surface area contributed by atoms with Crippen LogP contribution in [-0.2, 0) is 0 Å². The molecule has 2 aromatic rings. The van der Waals surface area contributed by atoms with E-state index in [1.54, 1.807) is 30.7 Å². The predicted molar refractivity (Wildman–Crippen MR) is 78.0 cm³/mol. The highest BCUT2D eigenvalue weighted by atomic mass is 35.5. The molecular formula is C15H13ClN2O2. The average Bonchev–Trinajstić information content (AvgIpc) is 2.39. The summed E-state index contributed by atoms with van der Waals surface area (Å²) in [6.45, 7) is 3.87. The third-order valence-electron chi connectivity index (χ3n) is 3.05. The monoisotopic (exact) mass is 288 g/mol. The van der Waals surface area contributed by atoms with E-state index in [9.17, 15) is 4.79 Å². The Hall–Kier alpha value is -2.07. The van der Waals surface area contributed by atoms with E-state index >= 15 is 0 Å². The summed E-state index contributed by atoms with van der Waals surface area (Å²) in [6.07, 6.45) is 6.85. The second-order valence-electron chi connectivity index (χ2n) is 5.16. The molecule has 0 radical (unpaired) electrons. The van der Waals surface area contributed by atoms with Gasteiger partial charge in [0.1, 0.15) is 11.4 Å². The largest absolute Gasteiger partial charge is 0.483 e. The minimum Gasteiger partial charge on any atom is -0.483 e. The van der Waals surface area contributed by atoms with Gasteiger partial charge in [0.15, 0.2) is 0 Å². The minimum absolute atomic E-state index is 0.145. The fraction of sp³-hybridized carbons (Fsp3) is 0.200. The lowest BCUT2D eigenvalue weighted by molar-refractivity contribution is 0.157. The van der Waals surface area contributed by atoms with Gasteiger partial charge in [-0.25, -0.2) is 0 Å². The van der Waals surface area contributed by atoms with E-state index in [2.05, 4.69) is 4.98 Å². The molecule has 3 heterocycles. The first-order valence-corrected chi connectivity index (χ1v) is 6.59. The number of hydrogen-bond donors (Lipinski definition) is 0. The Morgan fingerprint density at radius 3 is 2.90 bits per heavy atom. The standard InChI is InChI=1S/C15H13ClN2O2/c1-15(2)7-12(11-8-17-6-5-13(11)20-15)18-9-10(16)3-4-14(18)19/h3-9H,1-2H3. The van der Waals surface area contributed by atoms with Crippen molar-refractivity contribution in [1.29, 1.82) is 0 Å². The lowest BCUT2D eigenvalue weighted by Crippen LogP contribution is -2.32. The molecule has 1 aliphatic rings. The summed E-state index contributed by atoms with van der Waals surface area (Å²) in [6, 6.07) is 4.82. The summed E-state index contributed by atoms with van der Waals surface area (Å²) in [7, 11) is 0. The van der Waals surface area contributed by atoms with Crippen LogP contribution in [0.25, 0.3) is 5.70 Å². The van der Waals surface area contributed by atoms with Gasteiger partial charge in [0.05, 0.1) is 16.3 Å². The normalized spacial score (nSPS) is 16.1. The van der Waals surface area contributed by atoms with E-state index < -0.39 is 5.60 Å². The topological polar surface area (TPSA) is 44.1 Å². The molecule has 0 aliphatic carbocycles. The van der Waals surface area contributed by atoms with E-state index in [1.807, 2.05) is 19.9 Å². The first-order valence-electron chi connectivity index (χ1n) is 6.21. The van der Waals surface area contributed by atoms with E-state index in [-0.39, 0.29) is 5.56 Å². The molecule has 0 spiro atoms. The zero-order valence-electron chi connectivity index (χ0n) is 11.1. The smallest absolute Gasteiger partial charge is 0.255 e. The average molecular weight is 289 g/mol. The minimum atomic E-state index is -0.508. The molecule has 0 unspecified atom stereocenters. The maximum atomic E-state index is 12.1. The van der Waals surface area contributed by atoms with Crippen molar-refractivity contribution < 1.29 is 4.74 Å². The van der Waals surface area contributed by atoms with Gasteiger partial charge in [-0.05, 0) is 32.1 Å². The van der Waals surface area contributed by atoms with Gasteiger partial charge in [0.2, 0.25) is 0 Å². The SMILES string of the molecule is CC1(C)C=C(n2cc(Cl)ccc2=O)c2cnccc2O1. The number of hydrogen-bond acceptors (Lipinski definition) is 3. The highest BCUT2D eigenvalue weighted by Gasteiger charge is 2.27. The van der Waals surface area contributed by atoms with Crippen molar-refractivity contribution in [3.05, 3.63) is 63.8 Å². The lowest BCUT2D eigenvalue weighted by atomic mass is 10.0. The van der Waals surface area contributed by atoms with Gasteiger partial charge in [-0.1, -0.05) is 11.6 Å². The number of ether oxygens (including phenoxy) is 1. The van der Waals surface area contributed by atoms with Crippen molar-refractivity contribution in [1.82, 2.24) is 9.55 Å². The van der Waals surface area contributed by atoms with Gasteiger partial charge in [-0.2, -0.15) is 0 Å². The molecule has 1 aliphatic heterocycles. The Balaban J connectivity index is 2.28. The Morgan fingerprint density at radius 2 is 2.10 bits per heavy atom. The quantitative estimate of drug-likeness (QED) is 0.810. The third kappa shape index (κ3) is 2.23. The molecule has 0 fully saturated rings. The van der Waals surface area contributed by atoms with Crippen molar-refractivity contribution >= 4 is 17.3 Å². The van der Waals surface area contributed by atoms with Gasteiger partial charge in [0.25, 0.3) is 5.56 Å². The second kappa shape index (κ2) is 4.49. The summed E-state index contributed by atoms with van der Waals surface area (Å²) in [5.74, 6) is 0.703. The molecule has 0 bridgehead atoms. The zero-order valence-corrected chi connectivity index (χ0v) is 11.9. The van der Waals surface area contributed by atoms with Gasteiger partial charge < -0.3 is 4.74 Å². The predicted octanol–water partition coefficient (Wildman–Crippen LogP) is 2.96. The Bertz CT molecular complexity index is 762. The lowest BCUT2D eigenvalue weighted by Gasteiger charge is -2.31. The van der Waals surface area contributed by atoms with Crippen LogP contribution in [0.2, 0.25) is 5.02 Å². The molecule has 102 valence electrons. The third-order valence-corrected chi connectivity index (χ3v) is 3.27. The van der Waals surface area contributed by atoms with Crippen LogP contribution in [0.1, 0.15) is 19.4 Å². The van der Waals surface area contributed by atoms with Crippen LogP contribution in [0.15, 0.2) is 47.7 Å². The summed E-state index contributed by atoms with van der Waals surface area (Å²) < 4.78 is 7.40. The highest BCUT2D eigenvalue weighted by Crippen LogP contribution is 2.35. The van der Waals surface area contributed by atoms with E-state index in [1.165, 1.54) is 10.6 Å². The van der Waals surface area contributed by atoms with Crippen LogP contribution in [0.3, 0.4) is 0 Å². The maximum Gasteiger partial charge on any atom is 0.255 e. The molecule has 20 heavy (non-hydrogen) atoms. The number of fused-ring (bicyclic) bond motifs is 1. The summed E-state index contributed by atoms with van der Waals surface area (Å²) in [5.41, 5.74) is 0.854. The molecule has 0 N–H and O–H groups in total. The first kappa shape index (κ1) is 12.9. The fourth-order valence-electron chi connectivity index (χ4n) is 2.23. The number of halogens is 1. The number of pyridine rings is 2. The van der Waals surface area contributed by atoms with E-state index in [0.717, 1.165) is 11.3 Å². The molecule has 0 amide bonds. The van der Waals surface area contributed by atoms with Gasteiger partial charge in [0, 0.05) is 24.7 Å². The molecule has 0 saturated carbocycles. The fourth-order valence-corrected chi connectivity index (χ4v) is 2.39. The molecule has 0 atom stereocenters. The van der Waals surface area contributed by atoms with Crippen LogP contribution < -0.4 is 10.3 Å². The Morgan fingerprint density at radius 1 is 1.30 bits per heavy atom. The van der Waals surface area contributed by atoms with Crippen molar-refractivity contribution in [3.63, 3.8) is 0 Å². The second-order valence-corrected chi connectivity index (χ2v) is 5.60. The number of aromatic nitrogens is 2. The molecule has 0 aromatic carbocycles. The van der Waals surface area contributed by atoms with Gasteiger partial charge in [-0.3, -0.25) is 14.3 Å².